The number of halogens is 3. The average molecular weight is 433 g/mol. The molecule has 1 aromatic heterocycles. The summed E-state index contributed by atoms with van der Waals surface area (Å²) in [6.07, 6.45) is -4.45. The fourth-order valence-corrected chi connectivity index (χ4v) is 3.12. The van der Waals surface area contributed by atoms with Crippen molar-refractivity contribution in [1.82, 2.24) is 15.0 Å². The summed E-state index contributed by atoms with van der Waals surface area (Å²) in [6, 6.07) is 11.7. The molecule has 0 saturated carbocycles. The summed E-state index contributed by atoms with van der Waals surface area (Å²) in [5.41, 5.74) is -0.573. The molecule has 31 heavy (non-hydrogen) atoms. The first kappa shape index (κ1) is 20.7. The molecule has 0 aliphatic carbocycles. The zero-order chi connectivity index (χ0) is 22.0. The molecule has 1 saturated heterocycles. The molecule has 0 atom stereocenters. The number of carbonyl (C=O) groups excluding carboxylic acids is 1. The van der Waals surface area contributed by atoms with Gasteiger partial charge in [0.2, 0.25) is 11.7 Å². The first-order chi connectivity index (χ1) is 14.8. The highest BCUT2D eigenvalue weighted by molar-refractivity contribution is 5.78. The van der Waals surface area contributed by atoms with Gasteiger partial charge < -0.3 is 18.9 Å². The fraction of sp³-hybridized carbons (Fsp3) is 0.286. The van der Waals surface area contributed by atoms with Crippen molar-refractivity contribution in [3.05, 3.63) is 60.0 Å². The van der Waals surface area contributed by atoms with Gasteiger partial charge in [-0.05, 0) is 24.3 Å². The molecule has 1 aliphatic heterocycles. The van der Waals surface area contributed by atoms with Gasteiger partial charge in [0.15, 0.2) is 6.61 Å². The summed E-state index contributed by atoms with van der Waals surface area (Å²) in [5, 5.41) is 3.78. The highest BCUT2D eigenvalue weighted by Gasteiger charge is 2.36. The second-order valence-corrected chi connectivity index (χ2v) is 7.00. The van der Waals surface area contributed by atoms with Gasteiger partial charge in [0.1, 0.15) is 11.5 Å². The first-order valence-corrected chi connectivity index (χ1v) is 9.39. The number of carbonyl (C=O) groups is 1. The molecule has 0 unspecified atom stereocenters. The number of ether oxygens (including phenoxy) is 2. The fourth-order valence-electron chi connectivity index (χ4n) is 3.12. The molecule has 10 heteroatoms. The van der Waals surface area contributed by atoms with Crippen LogP contribution in [0.25, 0.3) is 11.4 Å². The topological polar surface area (TPSA) is 77.7 Å². The van der Waals surface area contributed by atoms with Crippen molar-refractivity contribution in [1.29, 1.82) is 0 Å². The third-order valence-electron chi connectivity index (χ3n) is 4.88. The SMILES string of the molecule is COc1cccc(OCC(=O)N2CC(c3nc(-c4cccc(C(F)(F)F)c4)no3)C2)c1. The normalized spacial score (nSPS) is 14.3. The summed E-state index contributed by atoms with van der Waals surface area (Å²) in [6.45, 7) is 0.605. The van der Waals surface area contributed by atoms with Crippen LogP contribution in [-0.4, -0.2) is 47.8 Å². The Morgan fingerprint density at radius 1 is 1.16 bits per heavy atom. The molecule has 3 aromatic rings. The largest absolute Gasteiger partial charge is 0.497 e. The number of hydrogen-bond donors (Lipinski definition) is 0. The van der Waals surface area contributed by atoms with Crippen LogP contribution in [0, 0.1) is 0 Å². The van der Waals surface area contributed by atoms with E-state index in [1.165, 1.54) is 12.1 Å². The van der Waals surface area contributed by atoms with Crippen molar-refractivity contribution in [2.45, 2.75) is 12.1 Å². The van der Waals surface area contributed by atoms with E-state index in [9.17, 15) is 18.0 Å². The number of rotatable bonds is 6. The van der Waals surface area contributed by atoms with Crippen LogP contribution < -0.4 is 9.47 Å². The maximum Gasteiger partial charge on any atom is 0.416 e. The van der Waals surface area contributed by atoms with Crippen molar-refractivity contribution in [3.63, 3.8) is 0 Å². The van der Waals surface area contributed by atoms with E-state index >= 15 is 0 Å². The van der Waals surface area contributed by atoms with Crippen LogP contribution in [-0.2, 0) is 11.0 Å². The minimum absolute atomic E-state index is 0.0761. The number of nitrogens with zero attached hydrogens (tertiary/aromatic N) is 3. The van der Waals surface area contributed by atoms with Gasteiger partial charge in [-0.2, -0.15) is 18.2 Å². The minimum atomic E-state index is -4.45. The summed E-state index contributed by atoms with van der Waals surface area (Å²) in [4.78, 5) is 18.1. The van der Waals surface area contributed by atoms with E-state index in [2.05, 4.69) is 10.1 Å². The lowest BCUT2D eigenvalue weighted by atomic mass is 10.00. The lowest BCUT2D eigenvalue weighted by Crippen LogP contribution is -2.50. The molecule has 0 spiro atoms. The third kappa shape index (κ3) is 4.62. The molecule has 2 aromatic carbocycles. The van der Waals surface area contributed by atoms with Gasteiger partial charge in [0.05, 0.1) is 18.6 Å². The van der Waals surface area contributed by atoms with Crippen molar-refractivity contribution in [3.8, 4) is 22.9 Å². The molecule has 162 valence electrons. The number of alkyl halides is 3. The van der Waals surface area contributed by atoms with Crippen molar-refractivity contribution < 1.29 is 32.0 Å². The molecule has 4 rings (SSSR count). The second-order valence-electron chi connectivity index (χ2n) is 7.00. The molecule has 1 fully saturated rings. The van der Waals surface area contributed by atoms with Gasteiger partial charge in [0, 0.05) is 24.7 Å². The van der Waals surface area contributed by atoms with Gasteiger partial charge in [-0.25, -0.2) is 0 Å². The minimum Gasteiger partial charge on any atom is -0.497 e. The Hall–Kier alpha value is -3.56. The van der Waals surface area contributed by atoms with Crippen LogP contribution in [0.2, 0.25) is 0 Å². The number of hydrogen-bond acceptors (Lipinski definition) is 6. The molecule has 0 radical (unpaired) electrons. The smallest absolute Gasteiger partial charge is 0.416 e. The Morgan fingerprint density at radius 2 is 1.90 bits per heavy atom. The number of likely N-dealkylation sites (tertiary alicyclic amines) is 1. The average Bonchev–Trinajstić information content (AvgIpc) is 3.20. The molecule has 0 bridgehead atoms. The lowest BCUT2D eigenvalue weighted by Gasteiger charge is -2.36. The maximum absolute atomic E-state index is 12.9. The zero-order valence-electron chi connectivity index (χ0n) is 16.4. The van der Waals surface area contributed by atoms with E-state index in [4.69, 9.17) is 14.0 Å². The standard InChI is InChI=1S/C21H18F3N3O4/c1-29-16-6-3-7-17(9-16)30-12-18(28)27-10-14(11-27)20-25-19(26-31-20)13-4-2-5-15(8-13)21(22,23)24/h2-9,14H,10-12H2,1H3. The van der Waals surface area contributed by atoms with Crippen molar-refractivity contribution in [2.24, 2.45) is 0 Å². The van der Waals surface area contributed by atoms with Crippen LogP contribution in [0.5, 0.6) is 11.5 Å². The predicted octanol–water partition coefficient (Wildman–Crippen LogP) is 3.77. The summed E-state index contributed by atoms with van der Waals surface area (Å²) < 4.78 is 54.5. The molecular weight excluding hydrogens is 415 g/mol. The third-order valence-corrected chi connectivity index (χ3v) is 4.88. The Kier molecular flexibility index (Phi) is 5.53. The molecule has 7 nitrogen and oxygen atoms in total. The highest BCUT2D eigenvalue weighted by atomic mass is 19.4. The van der Waals surface area contributed by atoms with E-state index in [-0.39, 0.29) is 35.7 Å². The highest BCUT2D eigenvalue weighted by Crippen LogP contribution is 2.32. The van der Waals surface area contributed by atoms with Crippen LogP contribution in [0.15, 0.2) is 53.1 Å². The molecule has 2 heterocycles. The van der Waals surface area contributed by atoms with E-state index in [0.717, 1.165) is 12.1 Å². The Balaban J connectivity index is 1.32. The van der Waals surface area contributed by atoms with Gasteiger partial charge in [0.25, 0.3) is 5.91 Å². The second kappa shape index (κ2) is 8.29. The number of benzene rings is 2. The van der Waals surface area contributed by atoms with Crippen molar-refractivity contribution >= 4 is 5.91 Å². The quantitative estimate of drug-likeness (QED) is 0.589. The predicted molar refractivity (Wildman–Crippen MR) is 103 cm³/mol. The zero-order valence-corrected chi connectivity index (χ0v) is 16.4. The van der Waals surface area contributed by atoms with Crippen LogP contribution in [0.3, 0.4) is 0 Å². The Labute approximate surface area is 175 Å². The number of aromatic nitrogens is 2. The van der Waals surface area contributed by atoms with E-state index < -0.39 is 11.7 Å². The van der Waals surface area contributed by atoms with Crippen molar-refractivity contribution in [2.75, 3.05) is 26.8 Å². The maximum atomic E-state index is 12.9. The summed E-state index contributed by atoms with van der Waals surface area (Å²) >= 11 is 0. The number of amides is 1. The summed E-state index contributed by atoms with van der Waals surface area (Å²) in [5.74, 6) is 1.14. The Bertz CT molecular complexity index is 1080. The van der Waals surface area contributed by atoms with E-state index in [0.29, 0.717) is 24.6 Å². The van der Waals surface area contributed by atoms with Gasteiger partial charge >= 0.3 is 6.18 Å². The van der Waals surface area contributed by atoms with E-state index in [1.807, 2.05) is 0 Å². The molecule has 1 aliphatic rings. The number of methoxy groups -OCH3 is 1. The van der Waals surface area contributed by atoms with Crippen LogP contribution in [0.1, 0.15) is 17.4 Å². The molecule has 1 amide bonds. The summed E-state index contributed by atoms with van der Waals surface area (Å²) in [7, 11) is 1.54. The monoisotopic (exact) mass is 433 g/mol. The lowest BCUT2D eigenvalue weighted by molar-refractivity contribution is -0.138. The van der Waals surface area contributed by atoms with Gasteiger partial charge in [-0.15, -0.1) is 0 Å². The first-order valence-electron chi connectivity index (χ1n) is 9.39. The van der Waals surface area contributed by atoms with Crippen LogP contribution in [0.4, 0.5) is 13.2 Å². The van der Waals surface area contributed by atoms with E-state index in [1.54, 1.807) is 36.3 Å². The molecule has 0 N–H and O–H groups in total. The Morgan fingerprint density at radius 3 is 2.65 bits per heavy atom. The van der Waals surface area contributed by atoms with Gasteiger partial charge in [-0.1, -0.05) is 23.4 Å². The molecular formula is C21H18F3N3O4. The van der Waals surface area contributed by atoms with Gasteiger partial charge in [-0.3, -0.25) is 4.79 Å². The van der Waals surface area contributed by atoms with Crippen LogP contribution >= 0.6 is 0 Å².